The van der Waals surface area contributed by atoms with E-state index in [2.05, 4.69) is 15.5 Å². The first kappa shape index (κ1) is 21.5. The van der Waals surface area contributed by atoms with Gasteiger partial charge in [0.25, 0.3) is 5.92 Å². The second-order valence-electron chi connectivity index (χ2n) is 6.96. The molecule has 0 radical (unpaired) electrons. The zero-order chi connectivity index (χ0) is 18.7. The number of amides is 2. The fourth-order valence-corrected chi connectivity index (χ4v) is 3.30. The Morgan fingerprint density at radius 3 is 2.33 bits per heavy atom. The summed E-state index contributed by atoms with van der Waals surface area (Å²) in [6.45, 7) is 5.05. The average Bonchev–Trinajstić information content (AvgIpc) is 2.97. The number of hydrogen-bond acceptors (Lipinski definition) is 4. The molecule has 2 fully saturated rings. The van der Waals surface area contributed by atoms with E-state index in [1.54, 1.807) is 19.1 Å². The third-order valence-electron chi connectivity index (χ3n) is 4.87. The summed E-state index contributed by atoms with van der Waals surface area (Å²) in [7, 11) is 0. The zero-order valence-electron chi connectivity index (χ0n) is 15.2. The Morgan fingerprint density at radius 2 is 1.81 bits per heavy atom. The Balaban J connectivity index is 0.00000261. The monoisotopic (exact) mass is 402 g/mol. The van der Waals surface area contributed by atoms with Crippen LogP contribution in [0.4, 0.5) is 14.5 Å². The molecule has 0 aromatic heterocycles. The molecule has 0 saturated carbocycles. The molecule has 2 saturated heterocycles. The zero-order valence-corrected chi connectivity index (χ0v) is 16.0. The van der Waals surface area contributed by atoms with Crippen LogP contribution in [-0.2, 0) is 16.1 Å². The minimum absolute atomic E-state index is 0. The van der Waals surface area contributed by atoms with E-state index in [1.165, 1.54) is 0 Å². The summed E-state index contributed by atoms with van der Waals surface area (Å²) in [6.07, 6.45) is -0.469. The first-order valence-electron chi connectivity index (χ1n) is 8.81. The van der Waals surface area contributed by atoms with Gasteiger partial charge >= 0.3 is 0 Å². The van der Waals surface area contributed by atoms with E-state index < -0.39 is 30.8 Å². The van der Waals surface area contributed by atoms with Crippen LogP contribution in [-0.4, -0.2) is 66.3 Å². The van der Waals surface area contributed by atoms with Crippen LogP contribution in [0.5, 0.6) is 0 Å². The van der Waals surface area contributed by atoms with Crippen LogP contribution in [0.1, 0.15) is 18.9 Å². The number of benzene rings is 1. The van der Waals surface area contributed by atoms with Crippen molar-refractivity contribution < 1.29 is 18.4 Å². The minimum atomic E-state index is -2.82. The summed E-state index contributed by atoms with van der Waals surface area (Å²) in [5, 5.41) is 5.23. The lowest BCUT2D eigenvalue weighted by Crippen LogP contribution is -2.47. The fourth-order valence-electron chi connectivity index (χ4n) is 3.30. The topological polar surface area (TPSA) is 64.7 Å². The number of halogens is 3. The Labute approximate surface area is 163 Å². The molecule has 2 N–H and O–H groups in total. The molecule has 27 heavy (non-hydrogen) atoms. The highest BCUT2D eigenvalue weighted by atomic mass is 35.5. The molecule has 0 aliphatic carbocycles. The number of carbonyl (C=O) groups is 2. The maximum Gasteiger partial charge on any atom is 0.262 e. The Hall–Kier alpha value is -1.77. The van der Waals surface area contributed by atoms with E-state index in [-0.39, 0.29) is 18.3 Å². The van der Waals surface area contributed by atoms with Crippen molar-refractivity contribution in [2.45, 2.75) is 31.9 Å². The molecular weight excluding hydrogens is 378 g/mol. The van der Waals surface area contributed by atoms with Gasteiger partial charge in [-0.15, -0.1) is 12.4 Å². The molecule has 1 atom stereocenters. The van der Waals surface area contributed by atoms with Gasteiger partial charge in [0.15, 0.2) is 0 Å². The predicted octanol–water partition coefficient (Wildman–Crippen LogP) is 1.71. The average molecular weight is 403 g/mol. The smallest absolute Gasteiger partial charge is 0.262 e. The van der Waals surface area contributed by atoms with E-state index in [4.69, 9.17) is 0 Å². The van der Waals surface area contributed by atoms with Crippen molar-refractivity contribution in [3.05, 3.63) is 29.8 Å². The lowest BCUT2D eigenvalue weighted by molar-refractivity contribution is -0.130. The number of alkyl halides is 2. The van der Waals surface area contributed by atoms with E-state index in [0.717, 1.165) is 38.3 Å². The standard InChI is InChI=1S/C18H24F2N4O2.ClH/c1-13(25)24-8-6-23(7-9-24)11-14-2-4-15(5-3-14)22-17(26)16-10-18(19,20)12-21-16;/h2-5,16,21H,6-12H2,1H3,(H,22,26);1H. The molecule has 0 spiro atoms. The summed E-state index contributed by atoms with van der Waals surface area (Å²) in [4.78, 5) is 27.5. The van der Waals surface area contributed by atoms with Crippen molar-refractivity contribution in [1.82, 2.24) is 15.1 Å². The molecule has 9 heteroatoms. The van der Waals surface area contributed by atoms with Crippen molar-refractivity contribution in [3.8, 4) is 0 Å². The van der Waals surface area contributed by atoms with Crippen LogP contribution >= 0.6 is 12.4 Å². The van der Waals surface area contributed by atoms with Crippen LogP contribution in [0.3, 0.4) is 0 Å². The van der Waals surface area contributed by atoms with Crippen LogP contribution in [0.2, 0.25) is 0 Å². The van der Waals surface area contributed by atoms with Crippen molar-refractivity contribution in [1.29, 1.82) is 0 Å². The lowest BCUT2D eigenvalue weighted by atomic mass is 10.1. The first-order valence-corrected chi connectivity index (χ1v) is 8.81. The summed E-state index contributed by atoms with van der Waals surface area (Å²) >= 11 is 0. The molecule has 2 aliphatic heterocycles. The highest BCUT2D eigenvalue weighted by molar-refractivity contribution is 5.95. The molecule has 3 rings (SSSR count). The quantitative estimate of drug-likeness (QED) is 0.804. The van der Waals surface area contributed by atoms with Gasteiger partial charge in [0, 0.05) is 51.8 Å². The van der Waals surface area contributed by atoms with Gasteiger partial charge in [-0.3, -0.25) is 19.8 Å². The number of nitrogens with one attached hydrogen (secondary N) is 2. The van der Waals surface area contributed by atoms with Crippen molar-refractivity contribution in [2.75, 3.05) is 38.0 Å². The summed E-state index contributed by atoms with van der Waals surface area (Å²) in [5.41, 5.74) is 1.70. The van der Waals surface area contributed by atoms with Crippen molar-refractivity contribution in [2.24, 2.45) is 0 Å². The van der Waals surface area contributed by atoms with Crippen molar-refractivity contribution in [3.63, 3.8) is 0 Å². The maximum atomic E-state index is 13.2. The van der Waals surface area contributed by atoms with E-state index in [1.807, 2.05) is 17.0 Å². The molecule has 6 nitrogen and oxygen atoms in total. The van der Waals surface area contributed by atoms with Gasteiger partial charge in [-0.2, -0.15) is 0 Å². The summed E-state index contributed by atoms with van der Waals surface area (Å²) in [5.74, 6) is -3.15. The molecule has 1 unspecified atom stereocenters. The summed E-state index contributed by atoms with van der Waals surface area (Å²) < 4.78 is 26.3. The maximum absolute atomic E-state index is 13.2. The van der Waals surface area contributed by atoms with E-state index in [9.17, 15) is 18.4 Å². The Kier molecular flexibility index (Phi) is 7.13. The van der Waals surface area contributed by atoms with Gasteiger partial charge in [0.1, 0.15) is 0 Å². The van der Waals surface area contributed by atoms with E-state index in [0.29, 0.717) is 5.69 Å². The molecule has 2 aliphatic rings. The second-order valence-corrected chi connectivity index (χ2v) is 6.96. The van der Waals surface area contributed by atoms with Crippen molar-refractivity contribution >= 4 is 29.9 Å². The fraction of sp³-hybridized carbons (Fsp3) is 0.556. The van der Waals surface area contributed by atoms with Gasteiger partial charge in [-0.1, -0.05) is 12.1 Å². The minimum Gasteiger partial charge on any atom is -0.340 e. The van der Waals surface area contributed by atoms with Gasteiger partial charge in [-0.05, 0) is 17.7 Å². The normalized spacial score (nSPS) is 22.2. The van der Waals surface area contributed by atoms with Crippen LogP contribution in [0, 0.1) is 0 Å². The predicted molar refractivity (Wildman–Crippen MR) is 101 cm³/mol. The van der Waals surface area contributed by atoms with Gasteiger partial charge < -0.3 is 10.2 Å². The molecule has 1 aromatic rings. The highest BCUT2D eigenvalue weighted by Crippen LogP contribution is 2.25. The van der Waals surface area contributed by atoms with Crippen LogP contribution in [0.15, 0.2) is 24.3 Å². The number of hydrogen-bond donors (Lipinski definition) is 2. The molecule has 0 bridgehead atoms. The van der Waals surface area contributed by atoms with Gasteiger partial charge in [0.2, 0.25) is 11.8 Å². The second kappa shape index (κ2) is 8.95. The lowest BCUT2D eigenvalue weighted by Gasteiger charge is -2.34. The Bertz CT molecular complexity index is 664. The van der Waals surface area contributed by atoms with E-state index >= 15 is 0 Å². The first-order chi connectivity index (χ1) is 12.3. The van der Waals surface area contributed by atoms with Crippen LogP contribution < -0.4 is 10.6 Å². The number of anilines is 1. The Morgan fingerprint density at radius 1 is 1.19 bits per heavy atom. The third kappa shape index (κ3) is 5.85. The largest absolute Gasteiger partial charge is 0.340 e. The third-order valence-corrected chi connectivity index (χ3v) is 4.87. The highest BCUT2D eigenvalue weighted by Gasteiger charge is 2.42. The number of piperazine rings is 1. The molecular formula is C18H25ClF2N4O2. The summed E-state index contributed by atoms with van der Waals surface area (Å²) in [6, 6.07) is 6.55. The van der Waals surface area contributed by atoms with Gasteiger partial charge in [0.05, 0.1) is 12.6 Å². The SMILES string of the molecule is CC(=O)N1CCN(Cc2ccc(NC(=O)C3CC(F)(F)CN3)cc2)CC1.Cl. The van der Waals surface area contributed by atoms with Crippen LogP contribution in [0.25, 0.3) is 0 Å². The number of nitrogens with zero attached hydrogens (tertiary/aromatic N) is 2. The number of carbonyl (C=O) groups excluding carboxylic acids is 2. The molecule has 1 aromatic carbocycles. The molecule has 150 valence electrons. The molecule has 2 heterocycles. The number of rotatable bonds is 4. The van der Waals surface area contributed by atoms with Gasteiger partial charge in [-0.25, -0.2) is 8.78 Å². The molecule has 2 amide bonds.